The normalized spacial score (nSPS) is 15.4. The fourth-order valence-electron chi connectivity index (χ4n) is 4.56. The number of nitrogens with zero attached hydrogens (tertiary/aromatic N) is 4. The molecule has 1 aliphatic carbocycles. The van der Waals surface area contributed by atoms with Crippen molar-refractivity contribution < 1.29 is 14.3 Å². The molecule has 3 aromatic heterocycles. The van der Waals surface area contributed by atoms with E-state index in [1.807, 2.05) is 0 Å². The van der Waals surface area contributed by atoms with E-state index in [2.05, 4.69) is 28.4 Å². The quantitative estimate of drug-likeness (QED) is 0.291. The summed E-state index contributed by atoms with van der Waals surface area (Å²) < 4.78 is 13.3. The lowest BCUT2D eigenvalue weighted by molar-refractivity contribution is 0.102. The molecule has 0 fully saturated rings. The van der Waals surface area contributed by atoms with Gasteiger partial charge in [0.25, 0.3) is 0 Å². The summed E-state index contributed by atoms with van der Waals surface area (Å²) in [6.45, 7) is 5.30. The van der Waals surface area contributed by atoms with Crippen LogP contribution in [0.4, 0.5) is 0 Å². The van der Waals surface area contributed by atoms with Crippen LogP contribution in [-0.2, 0) is 12.8 Å². The Hall–Kier alpha value is -2.65. The number of ketones is 1. The third kappa shape index (κ3) is 3.58. The molecule has 0 unspecified atom stereocenters. The van der Waals surface area contributed by atoms with Crippen LogP contribution in [0.2, 0.25) is 0 Å². The average molecular weight is 481 g/mol. The van der Waals surface area contributed by atoms with Crippen molar-refractivity contribution in [2.45, 2.75) is 50.6 Å². The van der Waals surface area contributed by atoms with Crippen LogP contribution in [-0.4, -0.2) is 44.3 Å². The first-order chi connectivity index (χ1) is 16.1. The molecule has 4 aromatic rings. The summed E-state index contributed by atoms with van der Waals surface area (Å²) in [5, 5.41) is 10.9. The van der Waals surface area contributed by atoms with Gasteiger partial charge in [-0.25, -0.2) is 4.98 Å². The van der Waals surface area contributed by atoms with Gasteiger partial charge in [0.2, 0.25) is 0 Å². The number of aryl methyl sites for hydroxylation is 2. The van der Waals surface area contributed by atoms with Crippen LogP contribution < -0.4 is 9.47 Å². The van der Waals surface area contributed by atoms with Gasteiger partial charge in [0.05, 0.1) is 11.1 Å². The number of benzene rings is 1. The van der Waals surface area contributed by atoms with E-state index < -0.39 is 0 Å². The largest absolute Gasteiger partial charge is 0.486 e. The molecule has 9 heteroatoms. The molecule has 0 bridgehead atoms. The number of Topliss-reactive ketones (excluding diaryl/α,β-unsaturated/α-hetero) is 1. The SMILES string of the molecule is CC(C)c1nc2sc3c(c2c2nnc(SCC(=O)c4ccc5c(c4)OCCO5)n12)CCCC3. The zero-order valence-electron chi connectivity index (χ0n) is 18.6. The van der Waals surface area contributed by atoms with Crippen molar-refractivity contribution in [2.75, 3.05) is 19.0 Å². The molecule has 0 saturated carbocycles. The van der Waals surface area contributed by atoms with Gasteiger partial charge < -0.3 is 9.47 Å². The molecule has 2 aliphatic rings. The highest BCUT2D eigenvalue weighted by Gasteiger charge is 2.25. The van der Waals surface area contributed by atoms with E-state index in [-0.39, 0.29) is 17.5 Å². The lowest BCUT2D eigenvalue weighted by Crippen LogP contribution is -2.16. The van der Waals surface area contributed by atoms with Crippen LogP contribution in [0.15, 0.2) is 23.4 Å². The fraction of sp³-hybridized carbons (Fsp3) is 0.417. The predicted octanol–water partition coefficient (Wildman–Crippen LogP) is 5.09. The third-order valence-corrected chi connectivity index (χ3v) is 8.28. The maximum Gasteiger partial charge on any atom is 0.197 e. The Morgan fingerprint density at radius 1 is 1.15 bits per heavy atom. The van der Waals surface area contributed by atoms with E-state index in [4.69, 9.17) is 14.5 Å². The van der Waals surface area contributed by atoms with Gasteiger partial charge in [0.15, 0.2) is 28.1 Å². The van der Waals surface area contributed by atoms with Gasteiger partial charge in [-0.05, 0) is 49.4 Å². The second-order valence-corrected chi connectivity index (χ2v) is 10.8. The highest BCUT2D eigenvalue weighted by molar-refractivity contribution is 7.99. The first-order valence-electron chi connectivity index (χ1n) is 11.3. The van der Waals surface area contributed by atoms with Gasteiger partial charge >= 0.3 is 0 Å². The Bertz CT molecular complexity index is 1390. The highest BCUT2D eigenvalue weighted by Crippen LogP contribution is 2.39. The van der Waals surface area contributed by atoms with Crippen LogP contribution in [0.1, 0.15) is 59.2 Å². The number of hydrogen-bond donors (Lipinski definition) is 0. The van der Waals surface area contributed by atoms with E-state index in [1.54, 1.807) is 29.5 Å². The standard InChI is InChI=1S/C24H24N4O3S2/c1-13(2)21-25-23-20(15-5-3-4-6-19(15)33-23)22-26-27-24(28(21)22)32-12-16(29)14-7-8-17-18(11-14)31-10-9-30-17/h7-8,11,13H,3-6,9-10,12H2,1-2H3. The number of ether oxygens (including phenoxy) is 2. The van der Waals surface area contributed by atoms with Crippen molar-refractivity contribution in [3.63, 3.8) is 0 Å². The maximum absolute atomic E-state index is 13.0. The number of carbonyl (C=O) groups excluding carboxylic acids is 1. The van der Waals surface area contributed by atoms with Gasteiger partial charge in [-0.3, -0.25) is 9.20 Å². The molecule has 1 aliphatic heterocycles. The summed E-state index contributed by atoms with van der Waals surface area (Å²) in [6.07, 6.45) is 4.64. The first-order valence-corrected chi connectivity index (χ1v) is 13.2. The minimum Gasteiger partial charge on any atom is -0.486 e. The number of fused-ring (bicyclic) bond motifs is 6. The third-order valence-electron chi connectivity index (χ3n) is 6.17. The number of thiophene rings is 1. The predicted molar refractivity (Wildman–Crippen MR) is 129 cm³/mol. The van der Waals surface area contributed by atoms with E-state index in [0.717, 1.165) is 34.5 Å². The molecule has 0 spiro atoms. The highest BCUT2D eigenvalue weighted by atomic mass is 32.2. The number of thioether (sulfide) groups is 1. The van der Waals surface area contributed by atoms with Crippen molar-refractivity contribution in [3.8, 4) is 11.5 Å². The smallest absolute Gasteiger partial charge is 0.197 e. The van der Waals surface area contributed by atoms with Crippen LogP contribution in [0, 0.1) is 0 Å². The molecular weight excluding hydrogens is 456 g/mol. The maximum atomic E-state index is 13.0. The second-order valence-electron chi connectivity index (χ2n) is 8.73. The minimum atomic E-state index is 0.0155. The molecule has 7 nitrogen and oxygen atoms in total. The number of rotatable bonds is 5. The molecular formula is C24H24N4O3S2. The monoisotopic (exact) mass is 480 g/mol. The molecule has 0 atom stereocenters. The van der Waals surface area contributed by atoms with Gasteiger partial charge in [-0.1, -0.05) is 25.6 Å². The summed E-state index contributed by atoms with van der Waals surface area (Å²) in [5.74, 6) is 2.74. The lowest BCUT2D eigenvalue weighted by atomic mass is 9.97. The summed E-state index contributed by atoms with van der Waals surface area (Å²) in [4.78, 5) is 20.5. The van der Waals surface area contributed by atoms with E-state index in [1.165, 1.54) is 35.0 Å². The summed E-state index contributed by atoms with van der Waals surface area (Å²) in [6, 6.07) is 5.36. The summed E-state index contributed by atoms with van der Waals surface area (Å²) in [7, 11) is 0. The zero-order valence-corrected chi connectivity index (χ0v) is 20.2. The molecule has 0 saturated heterocycles. The van der Waals surface area contributed by atoms with Gasteiger partial charge in [-0.2, -0.15) is 0 Å². The Labute approximate surface area is 199 Å². The van der Waals surface area contributed by atoms with Crippen LogP contribution in [0.25, 0.3) is 15.9 Å². The van der Waals surface area contributed by atoms with Crippen LogP contribution in [0.5, 0.6) is 11.5 Å². The molecule has 1 aromatic carbocycles. The van der Waals surface area contributed by atoms with Crippen LogP contribution in [0.3, 0.4) is 0 Å². The Kier molecular flexibility index (Phi) is 5.25. The number of carbonyl (C=O) groups is 1. The molecule has 4 heterocycles. The topological polar surface area (TPSA) is 78.6 Å². The van der Waals surface area contributed by atoms with E-state index in [9.17, 15) is 4.79 Å². The Morgan fingerprint density at radius 3 is 2.82 bits per heavy atom. The van der Waals surface area contributed by atoms with E-state index in [0.29, 0.717) is 35.4 Å². The first kappa shape index (κ1) is 20.9. The average Bonchev–Trinajstić information content (AvgIpc) is 3.42. The molecule has 33 heavy (non-hydrogen) atoms. The minimum absolute atomic E-state index is 0.0155. The number of aromatic nitrogens is 4. The molecule has 6 rings (SSSR count). The van der Waals surface area contributed by atoms with Gasteiger partial charge in [0.1, 0.15) is 23.9 Å². The van der Waals surface area contributed by atoms with Gasteiger partial charge in [-0.15, -0.1) is 21.5 Å². The van der Waals surface area contributed by atoms with Gasteiger partial charge in [0, 0.05) is 16.4 Å². The number of hydrogen-bond acceptors (Lipinski definition) is 8. The second kappa shape index (κ2) is 8.29. The van der Waals surface area contributed by atoms with Crippen molar-refractivity contribution in [1.29, 1.82) is 0 Å². The van der Waals surface area contributed by atoms with Crippen molar-refractivity contribution in [3.05, 3.63) is 40.0 Å². The molecule has 0 N–H and O–H groups in total. The van der Waals surface area contributed by atoms with Crippen LogP contribution >= 0.6 is 23.1 Å². The Morgan fingerprint density at radius 2 is 1.97 bits per heavy atom. The summed E-state index contributed by atoms with van der Waals surface area (Å²) >= 11 is 3.22. The van der Waals surface area contributed by atoms with Crippen molar-refractivity contribution in [2.24, 2.45) is 0 Å². The molecule has 170 valence electrons. The summed E-state index contributed by atoms with van der Waals surface area (Å²) in [5.41, 5.74) is 2.87. The van der Waals surface area contributed by atoms with E-state index >= 15 is 0 Å². The fourth-order valence-corrected chi connectivity index (χ4v) is 6.66. The Balaban J connectivity index is 1.35. The molecule has 0 amide bonds. The lowest BCUT2D eigenvalue weighted by Gasteiger charge is -2.18. The molecule has 0 radical (unpaired) electrons. The zero-order chi connectivity index (χ0) is 22.5. The van der Waals surface area contributed by atoms with Crippen molar-refractivity contribution in [1.82, 2.24) is 19.6 Å². The van der Waals surface area contributed by atoms with Crippen molar-refractivity contribution >= 4 is 44.7 Å².